The van der Waals surface area contributed by atoms with Gasteiger partial charge in [-0.05, 0) is 31.2 Å². The lowest BCUT2D eigenvalue weighted by Gasteiger charge is -2.30. The number of carbonyl (C=O) groups is 1. The van der Waals surface area contributed by atoms with Crippen LogP contribution in [0.4, 0.5) is 0 Å². The average Bonchev–Trinajstić information content (AvgIpc) is 3.04. The van der Waals surface area contributed by atoms with E-state index in [1.165, 1.54) is 18.4 Å². The molecular formula is C18H26N2O. The van der Waals surface area contributed by atoms with Gasteiger partial charge in [0.05, 0.1) is 6.04 Å². The Balaban J connectivity index is 1.90. The molecular weight excluding hydrogens is 260 g/mol. The second kappa shape index (κ2) is 7.99. The topological polar surface area (TPSA) is 46.3 Å². The van der Waals surface area contributed by atoms with Crippen LogP contribution < -0.4 is 5.73 Å². The van der Waals surface area contributed by atoms with E-state index in [1.54, 1.807) is 6.08 Å². The van der Waals surface area contributed by atoms with Gasteiger partial charge >= 0.3 is 0 Å². The molecule has 2 rings (SSSR count). The maximum Gasteiger partial charge on any atom is 0.240 e. The van der Waals surface area contributed by atoms with E-state index in [2.05, 4.69) is 18.7 Å². The maximum absolute atomic E-state index is 12.6. The second-order valence-electron chi connectivity index (χ2n) is 5.85. The molecule has 0 aromatic heterocycles. The summed E-state index contributed by atoms with van der Waals surface area (Å²) in [6, 6.07) is 10.1. The highest BCUT2D eigenvalue weighted by atomic mass is 16.2. The third kappa shape index (κ3) is 4.43. The highest BCUT2D eigenvalue weighted by Crippen LogP contribution is 2.24. The Hall–Kier alpha value is -1.61. The summed E-state index contributed by atoms with van der Waals surface area (Å²) in [4.78, 5) is 14.5. The van der Waals surface area contributed by atoms with Crippen molar-refractivity contribution in [2.24, 2.45) is 5.73 Å². The Bertz CT molecular complexity index is 452. The van der Waals surface area contributed by atoms with Gasteiger partial charge in [-0.1, -0.05) is 49.2 Å². The minimum absolute atomic E-state index is 0.0812. The van der Waals surface area contributed by atoms with E-state index < -0.39 is 6.04 Å². The molecule has 1 aromatic carbocycles. The Morgan fingerprint density at radius 2 is 2.00 bits per heavy atom. The second-order valence-corrected chi connectivity index (χ2v) is 5.85. The van der Waals surface area contributed by atoms with Crippen molar-refractivity contribution in [1.29, 1.82) is 0 Å². The maximum atomic E-state index is 12.6. The van der Waals surface area contributed by atoms with E-state index in [4.69, 9.17) is 5.73 Å². The Morgan fingerprint density at radius 3 is 2.62 bits per heavy atom. The molecule has 0 saturated heterocycles. The summed E-state index contributed by atoms with van der Waals surface area (Å²) >= 11 is 0. The van der Waals surface area contributed by atoms with Crippen LogP contribution in [0, 0.1) is 0 Å². The van der Waals surface area contributed by atoms with Gasteiger partial charge in [0.1, 0.15) is 0 Å². The minimum atomic E-state index is -0.411. The molecule has 1 aromatic rings. The first-order valence-electron chi connectivity index (χ1n) is 7.93. The lowest BCUT2D eigenvalue weighted by molar-refractivity contribution is -0.134. The first-order valence-corrected chi connectivity index (χ1v) is 7.93. The number of hydrogen-bond acceptors (Lipinski definition) is 2. The zero-order valence-electron chi connectivity index (χ0n) is 12.7. The number of benzene rings is 1. The summed E-state index contributed by atoms with van der Waals surface area (Å²) in [7, 11) is 0. The molecule has 3 heteroatoms. The van der Waals surface area contributed by atoms with Crippen LogP contribution in [0.5, 0.6) is 0 Å². The van der Waals surface area contributed by atoms with Crippen molar-refractivity contribution in [2.75, 3.05) is 6.54 Å². The highest BCUT2D eigenvalue weighted by molar-refractivity contribution is 5.82. The quantitative estimate of drug-likeness (QED) is 0.783. The fraction of sp³-hybridized carbons (Fsp3) is 0.500. The molecule has 1 saturated carbocycles. The van der Waals surface area contributed by atoms with Crippen LogP contribution in [0.25, 0.3) is 0 Å². The molecule has 1 amide bonds. The van der Waals surface area contributed by atoms with Crippen LogP contribution in [0.2, 0.25) is 0 Å². The molecule has 3 nitrogen and oxygen atoms in total. The number of aryl methyl sites for hydroxylation is 1. The SMILES string of the molecule is C=CCN(C(=O)C(N)CCc1ccccc1)C1CCCC1. The number of rotatable bonds is 7. The molecule has 0 radical (unpaired) electrons. The standard InChI is InChI=1S/C18H26N2O/c1-2-14-20(16-10-6-7-11-16)18(21)17(19)13-12-15-8-4-3-5-9-15/h2-5,8-9,16-17H,1,6-7,10-14,19H2. The third-order valence-corrected chi connectivity index (χ3v) is 4.28. The van der Waals surface area contributed by atoms with Crippen molar-refractivity contribution in [2.45, 2.75) is 50.6 Å². The fourth-order valence-electron chi connectivity index (χ4n) is 3.08. The van der Waals surface area contributed by atoms with E-state index in [9.17, 15) is 4.79 Å². The monoisotopic (exact) mass is 286 g/mol. The Labute approximate surface area is 127 Å². The molecule has 114 valence electrons. The third-order valence-electron chi connectivity index (χ3n) is 4.28. The lowest BCUT2D eigenvalue weighted by Crippen LogP contribution is -2.48. The van der Waals surface area contributed by atoms with E-state index in [-0.39, 0.29) is 5.91 Å². The smallest absolute Gasteiger partial charge is 0.240 e. The van der Waals surface area contributed by atoms with Gasteiger partial charge in [0.15, 0.2) is 0 Å². The van der Waals surface area contributed by atoms with E-state index in [0.717, 1.165) is 19.3 Å². The largest absolute Gasteiger partial charge is 0.335 e. The summed E-state index contributed by atoms with van der Waals surface area (Å²) in [6.07, 6.45) is 7.98. The van der Waals surface area contributed by atoms with Crippen LogP contribution in [-0.2, 0) is 11.2 Å². The molecule has 0 aliphatic heterocycles. The van der Waals surface area contributed by atoms with Gasteiger partial charge in [-0.2, -0.15) is 0 Å². The zero-order valence-corrected chi connectivity index (χ0v) is 12.7. The van der Waals surface area contributed by atoms with Gasteiger partial charge in [-0.3, -0.25) is 4.79 Å². The molecule has 1 fully saturated rings. The molecule has 1 aliphatic rings. The summed E-state index contributed by atoms with van der Waals surface area (Å²) in [5.74, 6) is 0.0812. The normalized spacial score (nSPS) is 16.6. The van der Waals surface area contributed by atoms with Crippen molar-refractivity contribution < 1.29 is 4.79 Å². The van der Waals surface area contributed by atoms with Crippen molar-refractivity contribution in [1.82, 2.24) is 4.90 Å². The number of amides is 1. The van der Waals surface area contributed by atoms with E-state index in [1.807, 2.05) is 23.1 Å². The van der Waals surface area contributed by atoms with Crippen molar-refractivity contribution in [3.05, 3.63) is 48.6 Å². The van der Waals surface area contributed by atoms with Crippen molar-refractivity contribution in [3.63, 3.8) is 0 Å². The van der Waals surface area contributed by atoms with Gasteiger partial charge in [-0.15, -0.1) is 6.58 Å². The van der Waals surface area contributed by atoms with Crippen LogP contribution in [-0.4, -0.2) is 29.4 Å². The summed E-state index contributed by atoms with van der Waals surface area (Å²) < 4.78 is 0. The van der Waals surface area contributed by atoms with E-state index >= 15 is 0 Å². The molecule has 0 spiro atoms. The van der Waals surface area contributed by atoms with Crippen LogP contribution in [0.15, 0.2) is 43.0 Å². The number of carbonyl (C=O) groups excluding carboxylic acids is 1. The van der Waals surface area contributed by atoms with Crippen LogP contribution in [0.1, 0.15) is 37.7 Å². The molecule has 0 heterocycles. The van der Waals surface area contributed by atoms with Crippen molar-refractivity contribution in [3.8, 4) is 0 Å². The number of nitrogens with two attached hydrogens (primary N) is 1. The Morgan fingerprint density at radius 1 is 1.33 bits per heavy atom. The number of hydrogen-bond donors (Lipinski definition) is 1. The average molecular weight is 286 g/mol. The van der Waals surface area contributed by atoms with Crippen LogP contribution in [0.3, 0.4) is 0 Å². The predicted octanol–water partition coefficient (Wildman–Crippen LogP) is 2.90. The van der Waals surface area contributed by atoms with Gasteiger partial charge in [-0.25, -0.2) is 0 Å². The molecule has 21 heavy (non-hydrogen) atoms. The van der Waals surface area contributed by atoms with Crippen molar-refractivity contribution >= 4 is 5.91 Å². The fourth-order valence-corrected chi connectivity index (χ4v) is 3.08. The van der Waals surface area contributed by atoms with Crippen LogP contribution >= 0.6 is 0 Å². The molecule has 1 atom stereocenters. The summed E-state index contributed by atoms with van der Waals surface area (Å²) in [5, 5.41) is 0. The highest BCUT2D eigenvalue weighted by Gasteiger charge is 2.28. The van der Waals surface area contributed by atoms with Gasteiger partial charge in [0, 0.05) is 12.6 Å². The molecule has 1 unspecified atom stereocenters. The molecule has 0 bridgehead atoms. The summed E-state index contributed by atoms with van der Waals surface area (Å²) in [5.41, 5.74) is 7.37. The van der Waals surface area contributed by atoms with Gasteiger partial charge in [0.2, 0.25) is 5.91 Å². The predicted molar refractivity (Wildman–Crippen MR) is 86.9 cm³/mol. The molecule has 1 aliphatic carbocycles. The Kier molecular flexibility index (Phi) is 6.00. The summed E-state index contributed by atoms with van der Waals surface area (Å²) in [6.45, 7) is 4.39. The first kappa shape index (κ1) is 15.8. The van der Waals surface area contributed by atoms with Gasteiger partial charge < -0.3 is 10.6 Å². The number of nitrogens with zero attached hydrogens (tertiary/aromatic N) is 1. The zero-order chi connectivity index (χ0) is 15.1. The lowest BCUT2D eigenvalue weighted by atomic mass is 10.0. The first-order chi connectivity index (χ1) is 10.2. The minimum Gasteiger partial charge on any atom is -0.335 e. The van der Waals surface area contributed by atoms with Gasteiger partial charge in [0.25, 0.3) is 0 Å². The van der Waals surface area contributed by atoms with E-state index in [0.29, 0.717) is 19.0 Å². The molecule has 2 N–H and O–H groups in total.